The zero-order chi connectivity index (χ0) is 19.9. The molecule has 0 saturated carbocycles. The Morgan fingerprint density at radius 3 is 2.64 bits per heavy atom. The molecule has 28 heavy (non-hydrogen) atoms. The zero-order valence-corrected chi connectivity index (χ0v) is 15.8. The number of nitrogens with one attached hydrogen (secondary N) is 1. The lowest BCUT2D eigenvalue weighted by Crippen LogP contribution is -2.18. The van der Waals surface area contributed by atoms with E-state index >= 15 is 0 Å². The lowest BCUT2D eigenvalue weighted by molar-refractivity contribution is -0.183. The van der Waals surface area contributed by atoms with E-state index in [-0.39, 0.29) is 11.4 Å². The normalized spacial score (nSPS) is 14.8. The van der Waals surface area contributed by atoms with Gasteiger partial charge in [-0.1, -0.05) is 6.07 Å². The van der Waals surface area contributed by atoms with Crippen molar-refractivity contribution in [2.24, 2.45) is 0 Å². The number of phenols is 1. The molecule has 1 heterocycles. The van der Waals surface area contributed by atoms with E-state index in [0.717, 1.165) is 12.0 Å². The largest absolute Gasteiger partial charge is 0.506 e. The van der Waals surface area contributed by atoms with Crippen molar-refractivity contribution >= 4 is 17.7 Å². The van der Waals surface area contributed by atoms with Crippen molar-refractivity contribution in [2.75, 3.05) is 32.8 Å². The van der Waals surface area contributed by atoms with Crippen molar-refractivity contribution in [1.29, 1.82) is 0 Å². The van der Waals surface area contributed by atoms with Crippen LogP contribution >= 0.6 is 0 Å². The molecular formula is C21H23NO6. The van der Waals surface area contributed by atoms with Gasteiger partial charge in [0.1, 0.15) is 17.2 Å². The number of benzene rings is 2. The minimum Gasteiger partial charge on any atom is -0.506 e. The number of amides is 1. The summed E-state index contributed by atoms with van der Waals surface area (Å²) in [4.78, 5) is 12.3. The Bertz CT molecular complexity index is 858. The molecular weight excluding hydrogens is 362 g/mol. The average molecular weight is 385 g/mol. The van der Waals surface area contributed by atoms with Crippen molar-refractivity contribution in [3.8, 4) is 17.2 Å². The van der Waals surface area contributed by atoms with Gasteiger partial charge in [0.25, 0.3) is 0 Å². The summed E-state index contributed by atoms with van der Waals surface area (Å²) in [5, 5.41) is 12.7. The summed E-state index contributed by atoms with van der Waals surface area (Å²) < 4.78 is 21.6. The van der Waals surface area contributed by atoms with Crippen LogP contribution in [-0.2, 0) is 14.3 Å². The van der Waals surface area contributed by atoms with Crippen LogP contribution in [0.1, 0.15) is 23.8 Å². The first-order chi connectivity index (χ1) is 13.6. The van der Waals surface area contributed by atoms with Gasteiger partial charge in [-0.05, 0) is 42.8 Å². The summed E-state index contributed by atoms with van der Waals surface area (Å²) in [6, 6.07) is 10.1. The Kier molecular flexibility index (Phi) is 6.52. The highest BCUT2D eigenvalue weighted by molar-refractivity contribution is 6.03. The van der Waals surface area contributed by atoms with E-state index in [1.807, 2.05) is 0 Å². The van der Waals surface area contributed by atoms with Crippen molar-refractivity contribution < 1.29 is 28.8 Å². The molecule has 0 unspecified atom stereocenters. The summed E-state index contributed by atoms with van der Waals surface area (Å²) in [5.74, 6) is 0.822. The Labute approximate surface area is 163 Å². The van der Waals surface area contributed by atoms with Crippen LogP contribution in [0, 0.1) is 0 Å². The third-order valence-corrected chi connectivity index (χ3v) is 4.23. The van der Waals surface area contributed by atoms with E-state index in [2.05, 4.69) is 5.32 Å². The van der Waals surface area contributed by atoms with E-state index < -0.39 is 12.2 Å². The van der Waals surface area contributed by atoms with Crippen LogP contribution in [0.25, 0.3) is 6.08 Å². The zero-order valence-electron chi connectivity index (χ0n) is 15.8. The Hall–Kier alpha value is -3.03. The second-order valence-corrected chi connectivity index (χ2v) is 6.13. The second-order valence-electron chi connectivity index (χ2n) is 6.13. The number of carbonyl (C=O) groups is 1. The summed E-state index contributed by atoms with van der Waals surface area (Å²) in [7, 11) is 3.12. The summed E-state index contributed by atoms with van der Waals surface area (Å²) in [6.45, 7) is 1.22. The van der Waals surface area contributed by atoms with Gasteiger partial charge in [-0.15, -0.1) is 0 Å². The standard InChI is InChI=1S/C21H23NO6/c1-25-16-6-8-19(26-2)14(12-16)5-9-20(24)22-17-13-15(4-7-18(17)23)21-27-10-3-11-28-21/h4-9,12-13,21,23H,3,10-11H2,1-2H3,(H,22,24)/b9-5+. The average Bonchev–Trinajstić information content (AvgIpc) is 2.74. The summed E-state index contributed by atoms with van der Waals surface area (Å²) in [5.41, 5.74) is 1.70. The van der Waals surface area contributed by atoms with E-state index in [9.17, 15) is 9.90 Å². The van der Waals surface area contributed by atoms with E-state index in [1.54, 1.807) is 50.6 Å². The van der Waals surface area contributed by atoms with Crippen LogP contribution in [0.5, 0.6) is 17.2 Å². The van der Waals surface area contributed by atoms with Gasteiger partial charge >= 0.3 is 0 Å². The molecule has 148 valence electrons. The molecule has 0 spiro atoms. The number of anilines is 1. The molecule has 0 radical (unpaired) electrons. The lowest BCUT2D eigenvalue weighted by atomic mass is 10.1. The van der Waals surface area contributed by atoms with Crippen LogP contribution in [0.3, 0.4) is 0 Å². The molecule has 0 bridgehead atoms. The van der Waals surface area contributed by atoms with E-state index in [1.165, 1.54) is 12.1 Å². The predicted molar refractivity (Wildman–Crippen MR) is 105 cm³/mol. The highest BCUT2D eigenvalue weighted by Gasteiger charge is 2.18. The van der Waals surface area contributed by atoms with Crippen molar-refractivity contribution in [1.82, 2.24) is 0 Å². The summed E-state index contributed by atoms with van der Waals surface area (Å²) >= 11 is 0. The van der Waals surface area contributed by atoms with Crippen LogP contribution in [0.4, 0.5) is 5.69 Å². The van der Waals surface area contributed by atoms with Gasteiger partial charge in [0, 0.05) is 17.2 Å². The molecule has 2 aromatic rings. The lowest BCUT2D eigenvalue weighted by Gasteiger charge is -2.24. The Morgan fingerprint density at radius 1 is 1.14 bits per heavy atom. The van der Waals surface area contributed by atoms with Gasteiger partial charge in [-0.2, -0.15) is 0 Å². The van der Waals surface area contributed by atoms with Gasteiger partial charge in [0.2, 0.25) is 5.91 Å². The minimum absolute atomic E-state index is 0.0414. The molecule has 7 nitrogen and oxygen atoms in total. The molecule has 3 rings (SSSR count). The first-order valence-corrected chi connectivity index (χ1v) is 8.88. The van der Waals surface area contributed by atoms with Gasteiger partial charge in [0.05, 0.1) is 33.1 Å². The SMILES string of the molecule is COc1ccc(OC)c(/C=C/C(=O)Nc2cc(C3OCCCO3)ccc2O)c1. The fraction of sp³-hybridized carbons (Fsp3) is 0.286. The number of phenolic OH excluding ortho intramolecular Hbond substituents is 1. The molecule has 0 aliphatic carbocycles. The molecule has 1 fully saturated rings. The highest BCUT2D eigenvalue weighted by Crippen LogP contribution is 2.31. The maximum absolute atomic E-state index is 12.3. The van der Waals surface area contributed by atoms with Crippen molar-refractivity contribution in [2.45, 2.75) is 12.7 Å². The second kappa shape index (κ2) is 9.25. The van der Waals surface area contributed by atoms with Crippen LogP contribution < -0.4 is 14.8 Å². The topological polar surface area (TPSA) is 86.3 Å². The van der Waals surface area contributed by atoms with Gasteiger partial charge in [-0.3, -0.25) is 4.79 Å². The van der Waals surface area contributed by atoms with Crippen LogP contribution in [0.2, 0.25) is 0 Å². The Morgan fingerprint density at radius 2 is 1.93 bits per heavy atom. The molecule has 1 aliphatic heterocycles. The number of rotatable bonds is 6. The Balaban J connectivity index is 1.73. The maximum Gasteiger partial charge on any atom is 0.248 e. The van der Waals surface area contributed by atoms with Gasteiger partial charge in [0.15, 0.2) is 6.29 Å². The molecule has 1 amide bonds. The smallest absolute Gasteiger partial charge is 0.248 e. The molecule has 2 aromatic carbocycles. The first kappa shape index (κ1) is 19.7. The van der Waals surface area contributed by atoms with Crippen LogP contribution in [0.15, 0.2) is 42.5 Å². The summed E-state index contributed by atoms with van der Waals surface area (Å²) in [6.07, 6.45) is 3.32. The highest BCUT2D eigenvalue weighted by atomic mass is 16.7. The van der Waals surface area contributed by atoms with Gasteiger partial charge in [-0.25, -0.2) is 0 Å². The predicted octanol–water partition coefficient (Wildman–Crippen LogP) is 3.50. The number of aromatic hydroxyl groups is 1. The van der Waals surface area contributed by atoms with Crippen molar-refractivity contribution in [3.05, 3.63) is 53.6 Å². The van der Waals surface area contributed by atoms with E-state index in [0.29, 0.717) is 30.3 Å². The van der Waals surface area contributed by atoms with E-state index in [4.69, 9.17) is 18.9 Å². The minimum atomic E-state index is -0.499. The quantitative estimate of drug-likeness (QED) is 0.585. The van der Waals surface area contributed by atoms with Crippen molar-refractivity contribution in [3.63, 3.8) is 0 Å². The fourth-order valence-electron chi connectivity index (χ4n) is 2.79. The number of methoxy groups -OCH3 is 2. The monoisotopic (exact) mass is 385 g/mol. The van der Waals surface area contributed by atoms with Gasteiger partial charge < -0.3 is 29.4 Å². The molecule has 1 aliphatic rings. The molecule has 0 atom stereocenters. The number of carbonyl (C=O) groups excluding carboxylic acids is 1. The fourth-order valence-corrected chi connectivity index (χ4v) is 2.79. The molecule has 0 aromatic heterocycles. The molecule has 2 N–H and O–H groups in total. The number of hydrogen-bond donors (Lipinski definition) is 2. The third-order valence-electron chi connectivity index (χ3n) is 4.23. The number of hydrogen-bond acceptors (Lipinski definition) is 6. The maximum atomic E-state index is 12.3. The first-order valence-electron chi connectivity index (χ1n) is 8.88. The third kappa shape index (κ3) is 4.82. The number of ether oxygens (including phenoxy) is 4. The van der Waals surface area contributed by atoms with Crippen LogP contribution in [-0.4, -0.2) is 38.4 Å². The molecule has 1 saturated heterocycles. The molecule has 7 heteroatoms.